The number of carbonyl (C=O) groups is 1. The van der Waals surface area contributed by atoms with Crippen LogP contribution in [-0.2, 0) is 14.8 Å². The second-order valence-electron chi connectivity index (χ2n) is 6.59. The Morgan fingerprint density at radius 1 is 1.11 bits per heavy atom. The van der Waals surface area contributed by atoms with Gasteiger partial charge in [-0.15, -0.1) is 0 Å². The van der Waals surface area contributed by atoms with Crippen LogP contribution in [0.5, 0.6) is 0 Å². The summed E-state index contributed by atoms with van der Waals surface area (Å²) < 4.78 is 40.1. The number of amides is 1. The van der Waals surface area contributed by atoms with Crippen LogP contribution < -0.4 is 9.62 Å². The van der Waals surface area contributed by atoms with E-state index in [0.29, 0.717) is 31.2 Å². The molecule has 1 aliphatic heterocycles. The number of hydrogen-bond acceptors (Lipinski definition) is 4. The lowest BCUT2D eigenvalue weighted by Gasteiger charge is -2.37. The summed E-state index contributed by atoms with van der Waals surface area (Å²) in [6.07, 6.45) is 0. The van der Waals surface area contributed by atoms with Crippen molar-refractivity contribution in [3.05, 3.63) is 59.4 Å². The molecule has 2 aromatic rings. The summed E-state index contributed by atoms with van der Waals surface area (Å²) in [5, 5.41) is 0.653. The molecule has 1 atom stereocenters. The molecule has 1 saturated heterocycles. The largest absolute Gasteiger partial charge is 0.368 e. The summed E-state index contributed by atoms with van der Waals surface area (Å²) in [5.74, 6) is -0.822. The van der Waals surface area contributed by atoms with Crippen molar-refractivity contribution in [3.8, 4) is 0 Å². The molecule has 1 fully saturated rings. The van der Waals surface area contributed by atoms with Crippen molar-refractivity contribution in [2.75, 3.05) is 31.1 Å². The van der Waals surface area contributed by atoms with E-state index in [2.05, 4.69) is 9.62 Å². The first-order valence-electron chi connectivity index (χ1n) is 8.83. The zero-order valence-corrected chi connectivity index (χ0v) is 16.9. The number of rotatable bonds is 5. The number of nitrogens with one attached hydrogen (secondary N) is 1. The maximum Gasteiger partial charge on any atom is 0.241 e. The topological polar surface area (TPSA) is 69.7 Å². The fourth-order valence-electron chi connectivity index (χ4n) is 3.10. The van der Waals surface area contributed by atoms with Gasteiger partial charge in [-0.1, -0.05) is 17.7 Å². The highest BCUT2D eigenvalue weighted by Crippen LogP contribution is 2.21. The van der Waals surface area contributed by atoms with Gasteiger partial charge in [-0.2, -0.15) is 4.72 Å². The van der Waals surface area contributed by atoms with Crippen LogP contribution in [0.4, 0.5) is 10.1 Å². The van der Waals surface area contributed by atoms with Gasteiger partial charge in [-0.25, -0.2) is 12.8 Å². The molecule has 1 heterocycles. The van der Waals surface area contributed by atoms with Crippen molar-refractivity contribution < 1.29 is 17.6 Å². The lowest BCUT2D eigenvalue weighted by Crippen LogP contribution is -2.54. The Morgan fingerprint density at radius 3 is 2.36 bits per heavy atom. The average molecular weight is 426 g/mol. The quantitative estimate of drug-likeness (QED) is 0.799. The lowest BCUT2D eigenvalue weighted by molar-refractivity contribution is -0.132. The Bertz CT molecular complexity index is 945. The third-order valence-electron chi connectivity index (χ3n) is 4.59. The van der Waals surface area contributed by atoms with E-state index in [4.69, 9.17) is 11.6 Å². The molecular weight excluding hydrogens is 405 g/mol. The van der Waals surface area contributed by atoms with Crippen LogP contribution in [0, 0.1) is 5.82 Å². The van der Waals surface area contributed by atoms with E-state index in [-0.39, 0.29) is 10.8 Å². The molecule has 150 valence electrons. The van der Waals surface area contributed by atoms with E-state index < -0.39 is 21.9 Å². The molecule has 28 heavy (non-hydrogen) atoms. The van der Waals surface area contributed by atoms with E-state index in [9.17, 15) is 17.6 Å². The van der Waals surface area contributed by atoms with Gasteiger partial charge in [0, 0.05) is 36.9 Å². The number of sulfonamides is 1. The smallest absolute Gasteiger partial charge is 0.241 e. The number of nitrogens with zero attached hydrogens (tertiary/aromatic N) is 2. The molecule has 0 aliphatic carbocycles. The number of anilines is 1. The van der Waals surface area contributed by atoms with Gasteiger partial charge < -0.3 is 9.80 Å². The van der Waals surface area contributed by atoms with E-state index in [1.54, 1.807) is 11.0 Å². The summed E-state index contributed by atoms with van der Waals surface area (Å²) in [6.45, 7) is 3.72. The summed E-state index contributed by atoms with van der Waals surface area (Å²) in [4.78, 5) is 16.3. The molecule has 0 bridgehead atoms. The SMILES string of the molecule is C[C@@H](NS(=O)(=O)c1ccc(F)cc1)C(=O)N1CCN(c2cccc(Cl)c2)CC1. The summed E-state index contributed by atoms with van der Waals surface area (Å²) in [5.41, 5.74) is 0.990. The van der Waals surface area contributed by atoms with Gasteiger partial charge in [0.1, 0.15) is 5.82 Å². The highest BCUT2D eigenvalue weighted by atomic mass is 35.5. The molecule has 1 N–H and O–H groups in total. The van der Waals surface area contributed by atoms with E-state index in [1.807, 2.05) is 18.2 Å². The first-order chi connectivity index (χ1) is 13.3. The molecular formula is C19H21ClFN3O3S. The van der Waals surface area contributed by atoms with E-state index in [1.165, 1.54) is 19.1 Å². The maximum absolute atomic E-state index is 13.0. The van der Waals surface area contributed by atoms with Crippen LogP contribution in [0.3, 0.4) is 0 Å². The fraction of sp³-hybridized carbons (Fsp3) is 0.316. The summed E-state index contributed by atoms with van der Waals surface area (Å²) in [6, 6.07) is 11.1. The first-order valence-corrected chi connectivity index (χ1v) is 10.7. The molecule has 0 unspecified atom stereocenters. The summed E-state index contributed by atoms with van der Waals surface area (Å²) in [7, 11) is -3.91. The Balaban J connectivity index is 1.59. The molecule has 0 aromatic heterocycles. The molecule has 9 heteroatoms. The van der Waals surface area contributed by atoms with Gasteiger partial charge in [0.15, 0.2) is 0 Å². The van der Waals surface area contributed by atoms with Crippen LogP contribution >= 0.6 is 11.6 Å². The number of carbonyl (C=O) groups excluding carboxylic acids is 1. The molecule has 6 nitrogen and oxygen atoms in total. The Morgan fingerprint density at radius 2 is 1.75 bits per heavy atom. The standard InChI is InChI=1S/C19H21ClFN3O3S/c1-14(22-28(26,27)18-7-5-16(21)6-8-18)19(25)24-11-9-23(10-12-24)17-4-2-3-15(20)13-17/h2-8,13-14,22H,9-12H2,1H3/t14-/m1/s1. The Labute approximate surface area is 168 Å². The second-order valence-corrected chi connectivity index (χ2v) is 8.74. The van der Waals surface area contributed by atoms with Gasteiger partial charge in [-0.3, -0.25) is 4.79 Å². The zero-order chi connectivity index (χ0) is 20.3. The lowest BCUT2D eigenvalue weighted by atomic mass is 10.2. The second kappa shape index (κ2) is 8.46. The van der Waals surface area contributed by atoms with Crippen molar-refractivity contribution in [1.82, 2.24) is 9.62 Å². The van der Waals surface area contributed by atoms with Crippen LogP contribution in [0.25, 0.3) is 0 Å². The molecule has 0 spiro atoms. The zero-order valence-electron chi connectivity index (χ0n) is 15.3. The average Bonchev–Trinajstić information content (AvgIpc) is 2.67. The third kappa shape index (κ3) is 4.81. The third-order valence-corrected chi connectivity index (χ3v) is 6.38. The van der Waals surface area contributed by atoms with Crippen LogP contribution in [-0.4, -0.2) is 51.4 Å². The first kappa shape index (κ1) is 20.6. The highest BCUT2D eigenvalue weighted by molar-refractivity contribution is 7.89. The number of benzene rings is 2. The molecule has 0 saturated carbocycles. The fourth-order valence-corrected chi connectivity index (χ4v) is 4.48. The van der Waals surface area contributed by atoms with Crippen molar-refractivity contribution in [1.29, 1.82) is 0 Å². The molecule has 3 rings (SSSR count). The number of piperazine rings is 1. The van der Waals surface area contributed by atoms with Crippen LogP contribution in [0.1, 0.15) is 6.92 Å². The highest BCUT2D eigenvalue weighted by Gasteiger charge is 2.28. The summed E-state index contributed by atoms with van der Waals surface area (Å²) >= 11 is 6.03. The Hall–Kier alpha value is -2.16. The Kier molecular flexibility index (Phi) is 6.22. The van der Waals surface area contributed by atoms with Crippen molar-refractivity contribution >= 4 is 33.2 Å². The molecule has 2 aromatic carbocycles. The van der Waals surface area contributed by atoms with Gasteiger partial charge in [0.25, 0.3) is 0 Å². The predicted octanol–water partition coefficient (Wildman–Crippen LogP) is 2.49. The minimum absolute atomic E-state index is 0.0840. The van der Waals surface area contributed by atoms with E-state index in [0.717, 1.165) is 17.8 Å². The number of hydrogen-bond donors (Lipinski definition) is 1. The van der Waals surface area contributed by atoms with Crippen LogP contribution in [0.2, 0.25) is 5.02 Å². The van der Waals surface area contributed by atoms with E-state index >= 15 is 0 Å². The van der Waals surface area contributed by atoms with Gasteiger partial charge in [-0.05, 0) is 49.4 Å². The molecule has 1 aliphatic rings. The van der Waals surface area contributed by atoms with Gasteiger partial charge in [0.05, 0.1) is 10.9 Å². The maximum atomic E-state index is 13.0. The molecule has 0 radical (unpaired) electrons. The molecule has 1 amide bonds. The van der Waals surface area contributed by atoms with Crippen molar-refractivity contribution in [2.45, 2.75) is 17.9 Å². The number of halogens is 2. The van der Waals surface area contributed by atoms with Crippen molar-refractivity contribution in [3.63, 3.8) is 0 Å². The monoisotopic (exact) mass is 425 g/mol. The van der Waals surface area contributed by atoms with Crippen LogP contribution in [0.15, 0.2) is 53.4 Å². The van der Waals surface area contributed by atoms with Crippen molar-refractivity contribution in [2.24, 2.45) is 0 Å². The van der Waals surface area contributed by atoms with Gasteiger partial charge in [0.2, 0.25) is 15.9 Å². The minimum atomic E-state index is -3.91. The minimum Gasteiger partial charge on any atom is -0.368 e. The van der Waals surface area contributed by atoms with Gasteiger partial charge >= 0.3 is 0 Å². The normalized spacial score (nSPS) is 16.1. The predicted molar refractivity (Wildman–Crippen MR) is 106 cm³/mol.